The van der Waals surface area contributed by atoms with Gasteiger partial charge in [0.05, 0.1) is 0 Å². The molecule has 1 saturated heterocycles. The molecule has 1 heteroatoms. The van der Waals surface area contributed by atoms with E-state index in [1.165, 1.54) is 45.1 Å². The lowest BCUT2D eigenvalue weighted by Crippen LogP contribution is -2.63. The zero-order valence-corrected chi connectivity index (χ0v) is 12.8. The van der Waals surface area contributed by atoms with Crippen LogP contribution in [-0.4, -0.2) is 24.0 Å². The Morgan fingerprint density at radius 2 is 1.72 bits per heavy atom. The highest BCUT2D eigenvalue weighted by molar-refractivity contribution is 5.07. The molecule has 2 bridgehead atoms. The van der Waals surface area contributed by atoms with Gasteiger partial charge in [-0.2, -0.15) is 0 Å². The monoisotopic (exact) mass is 249 g/mol. The van der Waals surface area contributed by atoms with E-state index in [1.807, 2.05) is 0 Å². The average Bonchev–Trinajstić information content (AvgIpc) is 2.30. The summed E-state index contributed by atoms with van der Waals surface area (Å²) in [4.78, 5) is 2.77. The topological polar surface area (TPSA) is 3.24 Å². The fraction of sp³-hybridized carbons (Fsp3) is 1.00. The molecule has 1 heterocycles. The third-order valence-corrected chi connectivity index (χ3v) is 6.63. The van der Waals surface area contributed by atoms with Gasteiger partial charge in [0.25, 0.3) is 0 Å². The molecular formula is C17H31N. The van der Waals surface area contributed by atoms with Gasteiger partial charge < -0.3 is 4.90 Å². The summed E-state index contributed by atoms with van der Waals surface area (Å²) < 4.78 is 0. The smallest absolute Gasteiger partial charge is 0.0263 e. The molecule has 6 unspecified atom stereocenters. The van der Waals surface area contributed by atoms with Crippen molar-refractivity contribution in [2.45, 2.75) is 64.8 Å². The molecule has 0 amide bonds. The van der Waals surface area contributed by atoms with Gasteiger partial charge in [-0.1, -0.05) is 20.8 Å². The number of likely N-dealkylation sites (tertiary alicyclic amines) is 1. The van der Waals surface area contributed by atoms with Crippen LogP contribution in [-0.2, 0) is 0 Å². The Balaban J connectivity index is 1.91. The predicted molar refractivity (Wildman–Crippen MR) is 77.5 cm³/mol. The number of nitrogens with zero attached hydrogens (tertiary/aromatic N) is 1. The lowest BCUT2D eigenvalue weighted by atomic mass is 9.53. The first kappa shape index (κ1) is 13.0. The summed E-state index contributed by atoms with van der Waals surface area (Å²) >= 11 is 0. The first-order valence-corrected chi connectivity index (χ1v) is 8.23. The van der Waals surface area contributed by atoms with Gasteiger partial charge in [0.1, 0.15) is 0 Å². The summed E-state index contributed by atoms with van der Waals surface area (Å²) in [6, 6.07) is 0. The van der Waals surface area contributed by atoms with Crippen LogP contribution < -0.4 is 0 Å². The molecule has 0 aromatic heterocycles. The summed E-state index contributed by atoms with van der Waals surface area (Å²) in [6.45, 7) is 8.87. The standard InChI is InChI=1S/C17H31N/c1-12-5-6-18(4)17(11-12)14(3)9-15-7-13(2)8-16(17)10-15/h12-16H,5-11H2,1-4H3. The quantitative estimate of drug-likeness (QED) is 0.622. The molecule has 2 saturated carbocycles. The van der Waals surface area contributed by atoms with Crippen LogP contribution in [0, 0.1) is 29.6 Å². The minimum absolute atomic E-state index is 0.558. The molecule has 0 aromatic carbocycles. The maximum absolute atomic E-state index is 2.77. The van der Waals surface area contributed by atoms with Crippen molar-refractivity contribution in [1.29, 1.82) is 0 Å². The second kappa shape index (κ2) is 4.51. The van der Waals surface area contributed by atoms with E-state index in [4.69, 9.17) is 0 Å². The minimum atomic E-state index is 0.558. The van der Waals surface area contributed by atoms with Crippen molar-refractivity contribution in [2.75, 3.05) is 13.6 Å². The Morgan fingerprint density at radius 3 is 2.50 bits per heavy atom. The van der Waals surface area contributed by atoms with Gasteiger partial charge in [0.15, 0.2) is 0 Å². The zero-order chi connectivity index (χ0) is 12.9. The fourth-order valence-corrected chi connectivity index (χ4v) is 5.95. The molecule has 3 fully saturated rings. The van der Waals surface area contributed by atoms with Gasteiger partial charge in [-0.3, -0.25) is 0 Å². The minimum Gasteiger partial charge on any atom is -0.300 e. The summed E-state index contributed by atoms with van der Waals surface area (Å²) in [6.07, 6.45) is 8.92. The van der Waals surface area contributed by atoms with Gasteiger partial charge in [-0.25, -0.2) is 0 Å². The van der Waals surface area contributed by atoms with Crippen LogP contribution in [0.4, 0.5) is 0 Å². The van der Waals surface area contributed by atoms with Crippen molar-refractivity contribution in [3.8, 4) is 0 Å². The van der Waals surface area contributed by atoms with E-state index >= 15 is 0 Å². The molecule has 0 radical (unpaired) electrons. The number of hydrogen-bond acceptors (Lipinski definition) is 1. The number of fused-ring (bicyclic) bond motifs is 3. The summed E-state index contributed by atoms with van der Waals surface area (Å²) in [5.74, 6) is 4.87. The lowest BCUT2D eigenvalue weighted by molar-refractivity contribution is -0.104. The molecule has 18 heavy (non-hydrogen) atoms. The van der Waals surface area contributed by atoms with Gasteiger partial charge in [-0.15, -0.1) is 0 Å². The summed E-state index contributed by atoms with van der Waals surface area (Å²) in [5, 5.41) is 0. The van der Waals surface area contributed by atoms with Crippen molar-refractivity contribution >= 4 is 0 Å². The van der Waals surface area contributed by atoms with E-state index < -0.39 is 0 Å². The third-order valence-electron chi connectivity index (χ3n) is 6.63. The zero-order valence-electron chi connectivity index (χ0n) is 12.8. The molecule has 0 aromatic rings. The molecule has 104 valence electrons. The van der Waals surface area contributed by atoms with Crippen molar-refractivity contribution in [3.63, 3.8) is 0 Å². The third kappa shape index (κ3) is 1.85. The summed E-state index contributed by atoms with van der Waals surface area (Å²) in [7, 11) is 2.42. The van der Waals surface area contributed by atoms with Crippen LogP contribution in [0.2, 0.25) is 0 Å². The van der Waals surface area contributed by atoms with E-state index in [-0.39, 0.29) is 0 Å². The van der Waals surface area contributed by atoms with Crippen molar-refractivity contribution in [3.05, 3.63) is 0 Å². The van der Waals surface area contributed by atoms with E-state index in [0.717, 1.165) is 29.6 Å². The lowest BCUT2D eigenvalue weighted by Gasteiger charge is -2.61. The van der Waals surface area contributed by atoms with Gasteiger partial charge in [0, 0.05) is 5.54 Å². The van der Waals surface area contributed by atoms with Crippen LogP contribution in [0.5, 0.6) is 0 Å². The average molecular weight is 249 g/mol. The van der Waals surface area contributed by atoms with Crippen molar-refractivity contribution < 1.29 is 0 Å². The number of rotatable bonds is 0. The largest absolute Gasteiger partial charge is 0.300 e. The molecule has 1 aliphatic heterocycles. The van der Waals surface area contributed by atoms with Gasteiger partial charge >= 0.3 is 0 Å². The Bertz CT molecular complexity index is 309. The van der Waals surface area contributed by atoms with Crippen molar-refractivity contribution in [2.24, 2.45) is 29.6 Å². The maximum Gasteiger partial charge on any atom is 0.0263 e. The van der Waals surface area contributed by atoms with Crippen LogP contribution in [0.15, 0.2) is 0 Å². The van der Waals surface area contributed by atoms with Crippen LogP contribution in [0.3, 0.4) is 0 Å². The summed E-state index contributed by atoms with van der Waals surface area (Å²) in [5.41, 5.74) is 0.558. The number of piperidine rings is 1. The highest BCUT2D eigenvalue weighted by Gasteiger charge is 2.54. The van der Waals surface area contributed by atoms with Crippen LogP contribution in [0.1, 0.15) is 59.3 Å². The highest BCUT2D eigenvalue weighted by atomic mass is 15.2. The number of hydrogen-bond donors (Lipinski definition) is 0. The molecular weight excluding hydrogens is 218 g/mol. The Hall–Kier alpha value is -0.0400. The fourth-order valence-electron chi connectivity index (χ4n) is 5.95. The molecule has 1 nitrogen and oxygen atoms in total. The second-order valence-electron chi connectivity index (χ2n) is 8.02. The van der Waals surface area contributed by atoms with Crippen molar-refractivity contribution in [1.82, 2.24) is 4.90 Å². The predicted octanol–water partition coefficient (Wildman–Crippen LogP) is 4.18. The van der Waals surface area contributed by atoms with Crippen LogP contribution >= 0.6 is 0 Å². The molecule has 2 aliphatic carbocycles. The second-order valence-corrected chi connectivity index (χ2v) is 8.02. The molecule has 3 aliphatic rings. The van der Waals surface area contributed by atoms with E-state index in [9.17, 15) is 0 Å². The molecule has 6 atom stereocenters. The first-order chi connectivity index (χ1) is 8.52. The maximum atomic E-state index is 2.77. The van der Waals surface area contributed by atoms with Gasteiger partial charge in [0.2, 0.25) is 0 Å². The van der Waals surface area contributed by atoms with E-state index in [2.05, 4.69) is 32.7 Å². The normalized spacial score (nSPS) is 53.7. The highest BCUT2D eigenvalue weighted by Crippen LogP contribution is 2.55. The molecule has 3 rings (SSSR count). The van der Waals surface area contributed by atoms with E-state index in [1.54, 1.807) is 0 Å². The Kier molecular flexibility index (Phi) is 3.25. The van der Waals surface area contributed by atoms with Crippen LogP contribution in [0.25, 0.3) is 0 Å². The molecule has 1 spiro atoms. The van der Waals surface area contributed by atoms with Gasteiger partial charge in [-0.05, 0) is 81.7 Å². The Morgan fingerprint density at radius 1 is 0.944 bits per heavy atom. The van der Waals surface area contributed by atoms with E-state index in [0.29, 0.717) is 5.54 Å². The molecule has 0 N–H and O–H groups in total. The SMILES string of the molecule is CC1CC2CC(C)C3(CC(C)CCN3C)C(C1)C2. The first-order valence-electron chi connectivity index (χ1n) is 8.23. The Labute approximate surface area is 113 Å².